The zero-order chi connectivity index (χ0) is 18.8. The molecule has 0 bridgehead atoms. The first-order chi connectivity index (χ1) is 13.1. The van der Waals surface area contributed by atoms with E-state index in [0.717, 1.165) is 37.0 Å². The number of nitrogens with one attached hydrogen (secondary N) is 1. The van der Waals surface area contributed by atoms with Crippen LogP contribution in [-0.4, -0.2) is 77.9 Å². The van der Waals surface area contributed by atoms with E-state index in [1.54, 1.807) is 11.8 Å². The minimum absolute atomic E-state index is 0.0483. The zero-order valence-electron chi connectivity index (χ0n) is 15.6. The molecule has 0 spiro atoms. The third-order valence-electron chi connectivity index (χ3n) is 4.93. The molecule has 0 unspecified atom stereocenters. The van der Waals surface area contributed by atoms with Crippen molar-refractivity contribution in [1.29, 1.82) is 0 Å². The van der Waals surface area contributed by atoms with E-state index >= 15 is 0 Å². The van der Waals surface area contributed by atoms with Gasteiger partial charge in [0.05, 0.1) is 12.4 Å². The van der Waals surface area contributed by atoms with Gasteiger partial charge in [0.2, 0.25) is 0 Å². The summed E-state index contributed by atoms with van der Waals surface area (Å²) in [7, 11) is 0. The Hall–Kier alpha value is -2.48. The van der Waals surface area contributed by atoms with Crippen molar-refractivity contribution >= 4 is 35.7 Å². The highest BCUT2D eigenvalue weighted by atomic mass is 32.2. The Balaban J connectivity index is 1.32. The number of benzene rings is 1. The van der Waals surface area contributed by atoms with E-state index in [0.29, 0.717) is 19.1 Å². The number of thioether (sulfide) groups is 1. The number of hydrogen-bond acceptors (Lipinski definition) is 6. The summed E-state index contributed by atoms with van der Waals surface area (Å²) in [6, 6.07) is 8.18. The molecule has 0 radical (unpaired) electrons. The van der Waals surface area contributed by atoms with Crippen molar-refractivity contribution in [3.63, 3.8) is 0 Å². The van der Waals surface area contributed by atoms with Gasteiger partial charge >= 0.3 is 6.03 Å². The molecule has 3 aliphatic rings. The molecule has 1 N–H and O–H groups in total. The SMILES string of the molecule is CSc1ccc(NC(=O)N2CCN(C3=CC4=N[C@@H](C)CN4C=N3)CC2)cc1. The van der Waals surface area contributed by atoms with Crippen LogP contribution in [-0.2, 0) is 0 Å². The molecule has 0 aliphatic carbocycles. The molecular weight excluding hydrogens is 360 g/mol. The predicted molar refractivity (Wildman–Crippen MR) is 111 cm³/mol. The molecule has 0 saturated carbocycles. The molecule has 1 aromatic rings. The molecule has 7 nitrogen and oxygen atoms in total. The van der Waals surface area contributed by atoms with Crippen LogP contribution in [0.25, 0.3) is 0 Å². The largest absolute Gasteiger partial charge is 0.353 e. The summed E-state index contributed by atoms with van der Waals surface area (Å²) < 4.78 is 0. The van der Waals surface area contributed by atoms with Gasteiger partial charge in [-0.15, -0.1) is 11.8 Å². The fraction of sp³-hybridized carbons (Fsp3) is 0.421. The van der Waals surface area contributed by atoms with Crippen LogP contribution < -0.4 is 5.32 Å². The number of amidine groups is 1. The highest BCUT2D eigenvalue weighted by molar-refractivity contribution is 7.98. The van der Waals surface area contributed by atoms with Gasteiger partial charge in [-0.1, -0.05) is 0 Å². The molecule has 27 heavy (non-hydrogen) atoms. The van der Waals surface area contributed by atoms with Crippen molar-refractivity contribution in [3.05, 3.63) is 36.2 Å². The molecule has 3 aliphatic heterocycles. The van der Waals surface area contributed by atoms with E-state index in [-0.39, 0.29) is 6.03 Å². The number of rotatable bonds is 3. The van der Waals surface area contributed by atoms with Gasteiger partial charge in [-0.05, 0) is 37.4 Å². The van der Waals surface area contributed by atoms with Crippen LogP contribution in [0.5, 0.6) is 0 Å². The summed E-state index contributed by atoms with van der Waals surface area (Å²) in [4.78, 5) is 29.1. The maximum Gasteiger partial charge on any atom is 0.321 e. The first-order valence-electron chi connectivity index (χ1n) is 9.17. The smallest absolute Gasteiger partial charge is 0.321 e. The maximum absolute atomic E-state index is 12.5. The first-order valence-corrected chi connectivity index (χ1v) is 10.4. The molecule has 1 atom stereocenters. The van der Waals surface area contributed by atoms with Crippen molar-refractivity contribution in [2.45, 2.75) is 17.9 Å². The lowest BCUT2D eigenvalue weighted by Crippen LogP contribution is -2.49. The average molecular weight is 385 g/mol. The van der Waals surface area contributed by atoms with Gasteiger partial charge in [0.1, 0.15) is 11.7 Å². The predicted octanol–water partition coefficient (Wildman–Crippen LogP) is 2.54. The summed E-state index contributed by atoms with van der Waals surface area (Å²) in [6.07, 6.45) is 5.96. The van der Waals surface area contributed by atoms with Gasteiger partial charge < -0.3 is 20.0 Å². The van der Waals surface area contributed by atoms with E-state index in [9.17, 15) is 4.79 Å². The monoisotopic (exact) mass is 384 g/mol. The summed E-state index contributed by atoms with van der Waals surface area (Å²) in [5.74, 6) is 1.92. The van der Waals surface area contributed by atoms with Crippen molar-refractivity contribution in [2.24, 2.45) is 9.98 Å². The highest BCUT2D eigenvalue weighted by Gasteiger charge is 2.27. The van der Waals surface area contributed by atoms with Crippen molar-refractivity contribution in [1.82, 2.24) is 14.7 Å². The third-order valence-corrected chi connectivity index (χ3v) is 5.67. The van der Waals surface area contributed by atoms with Gasteiger partial charge in [-0.25, -0.2) is 9.79 Å². The minimum atomic E-state index is -0.0483. The van der Waals surface area contributed by atoms with Gasteiger partial charge in [0.25, 0.3) is 0 Å². The van der Waals surface area contributed by atoms with Gasteiger partial charge in [-0.2, -0.15) is 0 Å². The van der Waals surface area contributed by atoms with Gasteiger partial charge in [-0.3, -0.25) is 4.99 Å². The number of urea groups is 1. The fourth-order valence-electron chi connectivity index (χ4n) is 3.42. The van der Waals surface area contributed by atoms with Gasteiger partial charge in [0, 0.05) is 49.4 Å². The number of hydrogen-bond donors (Lipinski definition) is 1. The fourth-order valence-corrected chi connectivity index (χ4v) is 3.82. The first kappa shape index (κ1) is 17.9. The number of nitrogens with zero attached hydrogens (tertiary/aromatic N) is 5. The second-order valence-electron chi connectivity index (χ2n) is 6.87. The number of carbonyl (C=O) groups excluding carboxylic acids is 1. The van der Waals surface area contributed by atoms with Crippen LogP contribution >= 0.6 is 11.8 Å². The van der Waals surface area contributed by atoms with Crippen molar-refractivity contribution in [2.75, 3.05) is 44.3 Å². The minimum Gasteiger partial charge on any atom is -0.353 e. The summed E-state index contributed by atoms with van der Waals surface area (Å²) in [5, 5.41) is 2.98. The number of aliphatic imine (C=N–C) groups is 2. The summed E-state index contributed by atoms with van der Waals surface area (Å²) >= 11 is 1.69. The Morgan fingerprint density at radius 3 is 2.63 bits per heavy atom. The average Bonchev–Trinajstić information content (AvgIpc) is 3.08. The normalized spacial score (nSPS) is 21.7. The van der Waals surface area contributed by atoms with Crippen LogP contribution in [0.15, 0.2) is 51.0 Å². The van der Waals surface area contributed by atoms with E-state index in [1.807, 2.05) is 47.8 Å². The Bertz CT molecular complexity index is 795. The van der Waals surface area contributed by atoms with Crippen LogP contribution in [0.4, 0.5) is 10.5 Å². The van der Waals surface area contributed by atoms with Crippen LogP contribution in [0.1, 0.15) is 6.92 Å². The van der Waals surface area contributed by atoms with Crippen LogP contribution in [0.2, 0.25) is 0 Å². The lowest BCUT2D eigenvalue weighted by molar-refractivity contribution is 0.167. The second kappa shape index (κ2) is 7.64. The number of carbonyl (C=O) groups is 1. The Morgan fingerprint density at radius 2 is 1.93 bits per heavy atom. The molecule has 142 valence electrons. The Kier molecular flexibility index (Phi) is 5.07. The maximum atomic E-state index is 12.5. The molecule has 1 saturated heterocycles. The lowest BCUT2D eigenvalue weighted by Gasteiger charge is -2.36. The molecular formula is C19H24N6OS. The number of fused-ring (bicyclic) bond motifs is 1. The van der Waals surface area contributed by atoms with E-state index in [1.165, 1.54) is 4.90 Å². The molecule has 8 heteroatoms. The van der Waals surface area contributed by atoms with E-state index in [4.69, 9.17) is 0 Å². The standard InChI is InChI=1S/C19H24N6OS/c1-14-12-25-13-20-17(11-18(25)21-14)23-7-9-24(10-8-23)19(26)22-15-3-5-16(27-2)6-4-15/h3-6,11,13-14H,7-10,12H2,1-2H3,(H,22,26)/t14-/m0/s1. The Labute approximate surface area is 163 Å². The van der Waals surface area contributed by atoms with Gasteiger partial charge in [0.15, 0.2) is 0 Å². The number of piperazine rings is 1. The van der Waals surface area contributed by atoms with Crippen molar-refractivity contribution in [3.8, 4) is 0 Å². The lowest BCUT2D eigenvalue weighted by atomic mass is 10.3. The van der Waals surface area contributed by atoms with Crippen LogP contribution in [0, 0.1) is 0 Å². The van der Waals surface area contributed by atoms with Crippen LogP contribution in [0.3, 0.4) is 0 Å². The topological polar surface area (TPSA) is 63.5 Å². The zero-order valence-corrected chi connectivity index (χ0v) is 16.4. The van der Waals surface area contributed by atoms with E-state index < -0.39 is 0 Å². The number of amides is 2. The molecule has 3 heterocycles. The van der Waals surface area contributed by atoms with Crippen molar-refractivity contribution < 1.29 is 4.79 Å². The quantitative estimate of drug-likeness (QED) is 0.814. The molecule has 1 fully saturated rings. The second-order valence-corrected chi connectivity index (χ2v) is 7.75. The molecule has 1 aromatic carbocycles. The van der Waals surface area contributed by atoms with E-state index in [2.05, 4.69) is 32.0 Å². The molecule has 0 aromatic heterocycles. The summed E-state index contributed by atoms with van der Waals surface area (Å²) in [6.45, 7) is 5.89. The molecule has 4 rings (SSSR count). The Morgan fingerprint density at radius 1 is 1.19 bits per heavy atom. The summed E-state index contributed by atoms with van der Waals surface area (Å²) in [5.41, 5.74) is 0.827. The third kappa shape index (κ3) is 3.95. The molecule has 2 amide bonds. The highest BCUT2D eigenvalue weighted by Crippen LogP contribution is 2.20. The number of anilines is 1.